The topological polar surface area (TPSA) is 84.3 Å². The molecule has 0 aliphatic rings. The van der Waals surface area contributed by atoms with E-state index in [2.05, 4.69) is 15.3 Å². The van der Waals surface area contributed by atoms with Crippen molar-refractivity contribution in [1.29, 1.82) is 0 Å². The molecule has 0 bridgehead atoms. The number of carbonyl (C=O) groups is 1. The predicted molar refractivity (Wildman–Crippen MR) is 99.1 cm³/mol. The van der Waals surface area contributed by atoms with Crippen LogP contribution in [0.3, 0.4) is 0 Å². The average Bonchev–Trinajstić information content (AvgIpc) is 2.83. The summed E-state index contributed by atoms with van der Waals surface area (Å²) < 4.78 is 5.29. The van der Waals surface area contributed by atoms with Gasteiger partial charge in [-0.3, -0.25) is 0 Å². The molecule has 2 heterocycles. The van der Waals surface area contributed by atoms with Crippen LogP contribution in [0.15, 0.2) is 24.3 Å². The highest BCUT2D eigenvalue weighted by molar-refractivity contribution is 7.20. The summed E-state index contributed by atoms with van der Waals surface area (Å²) >= 11 is 7.24. The third-order valence-corrected chi connectivity index (χ3v) is 4.73. The number of benzene rings is 1. The Labute approximate surface area is 153 Å². The Morgan fingerprint density at radius 3 is 2.80 bits per heavy atom. The Kier molecular flexibility index (Phi) is 4.78. The molecule has 0 atom stereocenters. The fraction of sp³-hybridized carbons (Fsp3) is 0.235. The maximum atomic E-state index is 12.3. The number of hydrogen-bond acceptors (Lipinski definition) is 7. The summed E-state index contributed by atoms with van der Waals surface area (Å²) in [4.78, 5) is 21.8. The summed E-state index contributed by atoms with van der Waals surface area (Å²) in [5, 5.41) is 13.5. The van der Waals surface area contributed by atoms with E-state index in [0.29, 0.717) is 26.6 Å². The molecule has 8 heteroatoms. The largest absolute Gasteiger partial charge is 0.508 e. The number of halogens is 1. The molecule has 0 spiro atoms. The molecule has 0 unspecified atom stereocenters. The second-order valence-electron chi connectivity index (χ2n) is 5.71. The van der Waals surface area contributed by atoms with Crippen molar-refractivity contribution < 1.29 is 14.6 Å². The lowest BCUT2D eigenvalue weighted by Crippen LogP contribution is -2.11. The van der Waals surface area contributed by atoms with Gasteiger partial charge in [-0.1, -0.05) is 6.07 Å². The Morgan fingerprint density at radius 1 is 1.36 bits per heavy atom. The number of rotatable bonds is 4. The molecular weight excluding hydrogens is 362 g/mol. The van der Waals surface area contributed by atoms with Crippen LogP contribution in [-0.4, -0.2) is 27.1 Å². The Bertz CT molecular complexity index is 956. The first kappa shape index (κ1) is 17.4. The lowest BCUT2D eigenvalue weighted by Gasteiger charge is -2.09. The van der Waals surface area contributed by atoms with Gasteiger partial charge in [0.2, 0.25) is 5.28 Å². The molecule has 2 aromatic heterocycles. The average molecular weight is 378 g/mol. The highest BCUT2D eigenvalue weighted by Crippen LogP contribution is 2.36. The second-order valence-corrected chi connectivity index (χ2v) is 7.04. The van der Waals surface area contributed by atoms with Crippen molar-refractivity contribution >= 4 is 50.6 Å². The molecule has 3 aromatic rings. The zero-order chi connectivity index (χ0) is 18.1. The number of aromatic nitrogens is 2. The van der Waals surface area contributed by atoms with Crippen LogP contribution in [0.5, 0.6) is 5.75 Å². The minimum Gasteiger partial charge on any atom is -0.508 e. The third kappa shape index (κ3) is 3.67. The SMILES string of the molecule is Cc1c(C(=O)OC(C)C)sc2nc(Cl)nc(Nc3cccc(O)c3)c12. The predicted octanol–water partition coefficient (Wildman–Crippen LogP) is 4.67. The number of phenolic OH excluding ortho intramolecular Hbond substituents is 1. The minimum absolute atomic E-state index is 0.0696. The van der Waals surface area contributed by atoms with Gasteiger partial charge in [-0.05, 0) is 50.1 Å². The molecule has 1 aromatic carbocycles. The molecule has 0 aliphatic heterocycles. The number of fused-ring (bicyclic) bond motifs is 1. The Hall–Kier alpha value is -2.38. The highest BCUT2D eigenvalue weighted by Gasteiger charge is 2.22. The van der Waals surface area contributed by atoms with Crippen molar-refractivity contribution in [2.45, 2.75) is 26.9 Å². The first-order valence-electron chi connectivity index (χ1n) is 7.59. The van der Waals surface area contributed by atoms with Gasteiger partial charge in [-0.25, -0.2) is 9.78 Å². The van der Waals surface area contributed by atoms with E-state index in [4.69, 9.17) is 16.3 Å². The van der Waals surface area contributed by atoms with Gasteiger partial charge in [0.05, 0.1) is 11.5 Å². The monoisotopic (exact) mass is 377 g/mol. The molecule has 6 nitrogen and oxygen atoms in total. The molecule has 130 valence electrons. The van der Waals surface area contributed by atoms with Gasteiger partial charge in [-0.2, -0.15) is 4.98 Å². The van der Waals surface area contributed by atoms with Crippen LogP contribution >= 0.6 is 22.9 Å². The van der Waals surface area contributed by atoms with Crippen LogP contribution in [-0.2, 0) is 4.74 Å². The fourth-order valence-electron chi connectivity index (χ4n) is 2.39. The van der Waals surface area contributed by atoms with Crippen LogP contribution in [0.2, 0.25) is 5.28 Å². The number of hydrogen-bond donors (Lipinski definition) is 2. The van der Waals surface area contributed by atoms with E-state index in [0.717, 1.165) is 5.56 Å². The first-order valence-corrected chi connectivity index (χ1v) is 8.78. The normalized spacial score (nSPS) is 11.1. The van der Waals surface area contributed by atoms with Gasteiger partial charge in [-0.15, -0.1) is 11.3 Å². The van der Waals surface area contributed by atoms with E-state index in [1.807, 2.05) is 6.92 Å². The quantitative estimate of drug-likeness (QED) is 0.507. The fourth-order valence-corrected chi connectivity index (χ4v) is 3.67. The molecule has 0 amide bonds. The molecule has 0 aliphatic carbocycles. The molecule has 0 radical (unpaired) electrons. The van der Waals surface area contributed by atoms with E-state index in [-0.39, 0.29) is 17.1 Å². The molecule has 0 saturated carbocycles. The molecule has 25 heavy (non-hydrogen) atoms. The Balaban J connectivity index is 2.09. The van der Waals surface area contributed by atoms with Crippen molar-refractivity contribution in [2.24, 2.45) is 0 Å². The van der Waals surface area contributed by atoms with Crippen molar-refractivity contribution in [3.8, 4) is 5.75 Å². The van der Waals surface area contributed by atoms with Gasteiger partial charge < -0.3 is 15.2 Å². The summed E-state index contributed by atoms with van der Waals surface area (Å²) in [7, 11) is 0. The summed E-state index contributed by atoms with van der Waals surface area (Å²) in [6, 6.07) is 6.64. The molecular formula is C17H16ClN3O3S. The van der Waals surface area contributed by atoms with Crippen LogP contribution in [0.1, 0.15) is 29.1 Å². The molecule has 0 saturated heterocycles. The van der Waals surface area contributed by atoms with E-state index < -0.39 is 5.97 Å². The number of thiophene rings is 1. The van der Waals surface area contributed by atoms with Crippen LogP contribution in [0.4, 0.5) is 11.5 Å². The Morgan fingerprint density at radius 2 is 2.12 bits per heavy atom. The van der Waals surface area contributed by atoms with Gasteiger partial charge in [0, 0.05) is 11.8 Å². The molecule has 2 N–H and O–H groups in total. The first-order chi connectivity index (χ1) is 11.8. The number of ether oxygens (including phenoxy) is 1. The standard InChI is InChI=1S/C17H16ClN3O3S/c1-8(2)24-16(23)13-9(3)12-14(20-17(18)21-15(12)25-13)19-10-5-4-6-11(22)7-10/h4-8,22H,1-3H3,(H,19,20,21). The number of esters is 1. The summed E-state index contributed by atoms with van der Waals surface area (Å²) in [6.07, 6.45) is -0.211. The number of carbonyl (C=O) groups excluding carboxylic acids is 1. The summed E-state index contributed by atoms with van der Waals surface area (Å²) in [5.41, 5.74) is 1.37. The van der Waals surface area contributed by atoms with Gasteiger partial charge in [0.15, 0.2) is 0 Å². The van der Waals surface area contributed by atoms with Crippen molar-refractivity contribution in [2.75, 3.05) is 5.32 Å². The van der Waals surface area contributed by atoms with Crippen LogP contribution in [0.25, 0.3) is 10.2 Å². The number of phenols is 1. The van der Waals surface area contributed by atoms with Gasteiger partial charge in [0.25, 0.3) is 0 Å². The zero-order valence-corrected chi connectivity index (χ0v) is 15.4. The van der Waals surface area contributed by atoms with Crippen molar-refractivity contribution in [3.63, 3.8) is 0 Å². The number of nitrogens with one attached hydrogen (secondary N) is 1. The summed E-state index contributed by atoms with van der Waals surface area (Å²) in [5.74, 6) is 0.206. The minimum atomic E-state index is -0.394. The van der Waals surface area contributed by atoms with Crippen molar-refractivity contribution in [1.82, 2.24) is 9.97 Å². The number of anilines is 2. The van der Waals surface area contributed by atoms with E-state index >= 15 is 0 Å². The number of nitrogens with zero attached hydrogens (tertiary/aromatic N) is 2. The number of aryl methyl sites for hydroxylation is 1. The highest BCUT2D eigenvalue weighted by atomic mass is 35.5. The summed E-state index contributed by atoms with van der Waals surface area (Å²) in [6.45, 7) is 5.42. The lowest BCUT2D eigenvalue weighted by molar-refractivity contribution is 0.0383. The maximum absolute atomic E-state index is 12.3. The van der Waals surface area contributed by atoms with Crippen molar-refractivity contribution in [3.05, 3.63) is 40.0 Å². The van der Waals surface area contributed by atoms with E-state index in [9.17, 15) is 9.90 Å². The van der Waals surface area contributed by atoms with E-state index in [1.54, 1.807) is 38.1 Å². The number of aromatic hydroxyl groups is 1. The lowest BCUT2D eigenvalue weighted by atomic mass is 10.2. The molecule has 0 fully saturated rings. The van der Waals surface area contributed by atoms with Crippen LogP contribution in [0, 0.1) is 6.92 Å². The smallest absolute Gasteiger partial charge is 0.348 e. The van der Waals surface area contributed by atoms with Gasteiger partial charge >= 0.3 is 5.97 Å². The third-order valence-electron chi connectivity index (χ3n) is 3.40. The second kappa shape index (κ2) is 6.85. The van der Waals surface area contributed by atoms with Crippen LogP contribution < -0.4 is 5.32 Å². The molecule has 3 rings (SSSR count). The van der Waals surface area contributed by atoms with Gasteiger partial charge in [0.1, 0.15) is 21.3 Å². The maximum Gasteiger partial charge on any atom is 0.348 e. The van der Waals surface area contributed by atoms with E-state index in [1.165, 1.54) is 11.3 Å². The zero-order valence-electron chi connectivity index (χ0n) is 13.8.